The van der Waals surface area contributed by atoms with Crippen molar-refractivity contribution in [3.8, 4) is 0 Å². The Balaban J connectivity index is 0.000000574. The zero-order valence-corrected chi connectivity index (χ0v) is 11.3. The fourth-order valence-corrected chi connectivity index (χ4v) is 1.97. The van der Waals surface area contributed by atoms with E-state index in [9.17, 15) is 4.79 Å². The van der Waals surface area contributed by atoms with E-state index in [2.05, 4.69) is 15.0 Å². The third-order valence-corrected chi connectivity index (χ3v) is 2.98. The SMILES string of the molecule is CC.Cc1[nH]c2nc3[nH]c[n+](C)c3c(=O)n2c1C. The molecule has 3 rings (SSSR count). The first-order valence-electron chi connectivity index (χ1n) is 6.04. The summed E-state index contributed by atoms with van der Waals surface area (Å²) in [6.07, 6.45) is 1.72. The standard InChI is InChI=1S/C10H11N5O.C2H6/c1-5-6(2)15-9(16)7-8(11-4-14(7)3)13-10(15)12-5;1-2/h4H,1-3H3,(H,12,13,16);1-2H3/p+1. The fraction of sp³-hybridized carbons (Fsp3) is 0.417. The van der Waals surface area contributed by atoms with Crippen LogP contribution in [0.15, 0.2) is 11.1 Å². The van der Waals surface area contributed by atoms with Crippen LogP contribution in [0.4, 0.5) is 0 Å². The number of hydrogen-bond donors (Lipinski definition) is 2. The van der Waals surface area contributed by atoms with Crippen molar-refractivity contribution in [3.05, 3.63) is 28.1 Å². The molecule has 0 saturated carbocycles. The molecular formula is C12H18N5O+. The average molecular weight is 248 g/mol. The predicted molar refractivity (Wildman–Crippen MR) is 69.7 cm³/mol. The van der Waals surface area contributed by atoms with Gasteiger partial charge in [0.25, 0.3) is 11.2 Å². The molecule has 3 aromatic heterocycles. The molecule has 0 aromatic carbocycles. The van der Waals surface area contributed by atoms with E-state index in [1.807, 2.05) is 34.7 Å². The van der Waals surface area contributed by atoms with Crippen LogP contribution in [0.2, 0.25) is 0 Å². The van der Waals surface area contributed by atoms with E-state index in [4.69, 9.17) is 0 Å². The van der Waals surface area contributed by atoms with Crippen LogP contribution < -0.4 is 10.1 Å². The minimum atomic E-state index is -0.0504. The molecule has 3 aromatic rings. The molecule has 0 unspecified atom stereocenters. The second-order valence-electron chi connectivity index (χ2n) is 3.99. The van der Waals surface area contributed by atoms with Crippen molar-refractivity contribution in [3.63, 3.8) is 0 Å². The highest BCUT2D eigenvalue weighted by Crippen LogP contribution is 2.08. The molecule has 0 atom stereocenters. The molecule has 96 valence electrons. The van der Waals surface area contributed by atoms with E-state index in [1.54, 1.807) is 15.3 Å². The number of imidazole rings is 2. The Morgan fingerprint density at radius 1 is 1.33 bits per heavy atom. The van der Waals surface area contributed by atoms with Crippen LogP contribution in [0, 0.1) is 13.8 Å². The van der Waals surface area contributed by atoms with Crippen molar-refractivity contribution in [1.29, 1.82) is 0 Å². The quantitative estimate of drug-likeness (QED) is 0.582. The zero-order chi connectivity index (χ0) is 13.4. The Hall–Kier alpha value is -2.11. The fourth-order valence-electron chi connectivity index (χ4n) is 1.97. The molecule has 18 heavy (non-hydrogen) atoms. The van der Waals surface area contributed by atoms with Gasteiger partial charge in [0, 0.05) is 11.4 Å². The van der Waals surface area contributed by atoms with E-state index in [-0.39, 0.29) is 5.56 Å². The molecule has 2 N–H and O–H groups in total. The number of H-pyrrole nitrogens is 2. The Kier molecular flexibility index (Phi) is 2.94. The summed E-state index contributed by atoms with van der Waals surface area (Å²) in [5.74, 6) is 0.579. The van der Waals surface area contributed by atoms with E-state index >= 15 is 0 Å². The van der Waals surface area contributed by atoms with Crippen LogP contribution in [0.25, 0.3) is 16.9 Å². The molecule has 0 bridgehead atoms. The maximum atomic E-state index is 12.3. The second-order valence-corrected chi connectivity index (χ2v) is 3.99. The lowest BCUT2D eigenvalue weighted by molar-refractivity contribution is -0.645. The van der Waals surface area contributed by atoms with Gasteiger partial charge in [0.2, 0.25) is 12.1 Å². The minimum absolute atomic E-state index is 0.0504. The molecule has 0 radical (unpaired) electrons. The molecule has 6 nitrogen and oxygen atoms in total. The maximum absolute atomic E-state index is 12.3. The number of aromatic nitrogens is 5. The van der Waals surface area contributed by atoms with Crippen molar-refractivity contribution in [2.45, 2.75) is 27.7 Å². The summed E-state index contributed by atoms with van der Waals surface area (Å²) in [7, 11) is 1.82. The predicted octanol–water partition coefficient (Wildman–Crippen LogP) is 0.971. The summed E-state index contributed by atoms with van der Waals surface area (Å²) >= 11 is 0. The van der Waals surface area contributed by atoms with Gasteiger partial charge in [0.15, 0.2) is 0 Å². The molecular weight excluding hydrogens is 230 g/mol. The van der Waals surface area contributed by atoms with Gasteiger partial charge >= 0.3 is 5.56 Å². The number of fused-ring (bicyclic) bond motifs is 2. The highest BCUT2D eigenvalue weighted by Gasteiger charge is 2.17. The Morgan fingerprint density at radius 3 is 2.67 bits per heavy atom. The Labute approximate surface area is 104 Å². The first-order valence-corrected chi connectivity index (χ1v) is 6.04. The van der Waals surface area contributed by atoms with Crippen molar-refractivity contribution in [1.82, 2.24) is 19.4 Å². The maximum Gasteiger partial charge on any atom is 0.311 e. The zero-order valence-electron chi connectivity index (χ0n) is 11.3. The van der Waals surface area contributed by atoms with Gasteiger partial charge in [-0.1, -0.05) is 13.8 Å². The van der Waals surface area contributed by atoms with Crippen molar-refractivity contribution >= 4 is 16.9 Å². The lowest BCUT2D eigenvalue weighted by Gasteiger charge is -1.93. The van der Waals surface area contributed by atoms with Crippen LogP contribution in [0.1, 0.15) is 25.2 Å². The van der Waals surface area contributed by atoms with Crippen molar-refractivity contribution in [2.75, 3.05) is 0 Å². The molecule has 0 aliphatic carbocycles. The largest absolute Gasteiger partial charge is 0.327 e. The van der Waals surface area contributed by atoms with Gasteiger partial charge in [-0.3, -0.25) is 4.79 Å². The summed E-state index contributed by atoms with van der Waals surface area (Å²) in [6.45, 7) is 7.83. The van der Waals surface area contributed by atoms with Gasteiger partial charge in [-0.15, -0.1) is 0 Å². The van der Waals surface area contributed by atoms with Gasteiger partial charge in [-0.2, -0.15) is 4.98 Å². The van der Waals surface area contributed by atoms with E-state index in [0.717, 1.165) is 11.4 Å². The summed E-state index contributed by atoms with van der Waals surface area (Å²) in [5.41, 5.74) is 2.99. The third kappa shape index (κ3) is 1.53. The molecule has 0 aliphatic heterocycles. The van der Waals surface area contributed by atoms with Gasteiger partial charge < -0.3 is 4.98 Å². The average Bonchev–Trinajstić information content (AvgIpc) is 2.85. The van der Waals surface area contributed by atoms with Crippen molar-refractivity contribution < 1.29 is 4.57 Å². The van der Waals surface area contributed by atoms with Gasteiger partial charge in [-0.25, -0.2) is 14.0 Å². The topological polar surface area (TPSA) is 69.8 Å². The van der Waals surface area contributed by atoms with Crippen LogP contribution in [0.5, 0.6) is 0 Å². The van der Waals surface area contributed by atoms with Crippen LogP contribution in [-0.2, 0) is 7.05 Å². The normalized spacial score (nSPS) is 10.7. The highest BCUT2D eigenvalue weighted by atomic mass is 16.1. The summed E-state index contributed by atoms with van der Waals surface area (Å²) < 4.78 is 3.35. The Morgan fingerprint density at radius 2 is 2.00 bits per heavy atom. The van der Waals surface area contributed by atoms with E-state index < -0.39 is 0 Å². The van der Waals surface area contributed by atoms with Gasteiger partial charge in [0.1, 0.15) is 0 Å². The Bertz CT molecular complexity index is 762. The molecule has 0 saturated heterocycles. The second kappa shape index (κ2) is 4.29. The van der Waals surface area contributed by atoms with E-state index in [1.165, 1.54) is 0 Å². The summed E-state index contributed by atoms with van der Waals surface area (Å²) in [4.78, 5) is 22.7. The number of hydrogen-bond acceptors (Lipinski definition) is 2. The lowest BCUT2D eigenvalue weighted by Crippen LogP contribution is -2.32. The van der Waals surface area contributed by atoms with Crippen LogP contribution in [-0.4, -0.2) is 19.4 Å². The minimum Gasteiger partial charge on any atom is -0.327 e. The van der Waals surface area contributed by atoms with Crippen molar-refractivity contribution in [2.24, 2.45) is 7.05 Å². The molecule has 3 heterocycles. The monoisotopic (exact) mass is 248 g/mol. The van der Waals surface area contributed by atoms with Gasteiger partial charge in [0.05, 0.1) is 7.05 Å². The lowest BCUT2D eigenvalue weighted by atomic mass is 10.4. The highest BCUT2D eigenvalue weighted by molar-refractivity contribution is 5.67. The van der Waals surface area contributed by atoms with Crippen LogP contribution >= 0.6 is 0 Å². The third-order valence-electron chi connectivity index (χ3n) is 2.98. The number of rotatable bonds is 0. The van der Waals surface area contributed by atoms with Gasteiger partial charge in [-0.05, 0) is 13.8 Å². The smallest absolute Gasteiger partial charge is 0.311 e. The number of nitrogens with zero attached hydrogens (tertiary/aromatic N) is 3. The molecule has 0 aliphatic rings. The van der Waals surface area contributed by atoms with E-state index in [0.29, 0.717) is 16.9 Å². The number of aryl methyl sites for hydroxylation is 3. The molecule has 0 spiro atoms. The molecule has 6 heteroatoms. The van der Waals surface area contributed by atoms with Crippen LogP contribution in [0.3, 0.4) is 0 Å². The summed E-state index contributed by atoms with van der Waals surface area (Å²) in [6, 6.07) is 0. The molecule has 0 amide bonds. The number of nitrogens with one attached hydrogen (secondary N) is 2. The molecule has 0 fully saturated rings. The first kappa shape index (κ1) is 12.3. The first-order chi connectivity index (χ1) is 8.59. The number of aromatic amines is 2. The summed E-state index contributed by atoms with van der Waals surface area (Å²) in [5, 5.41) is 0.